The highest BCUT2D eigenvalue weighted by molar-refractivity contribution is 9.10. The molecule has 1 aliphatic heterocycles. The Balaban J connectivity index is 0.000000330. The van der Waals surface area contributed by atoms with E-state index in [0.717, 1.165) is 73.3 Å². The summed E-state index contributed by atoms with van der Waals surface area (Å²) in [4.78, 5) is 1.04. The van der Waals surface area contributed by atoms with Gasteiger partial charge in [0.1, 0.15) is 17.2 Å². The topological polar surface area (TPSA) is 54.0 Å². The number of fused-ring (bicyclic) bond motifs is 1. The van der Waals surface area contributed by atoms with Gasteiger partial charge in [-0.15, -0.1) is 20.9 Å². The van der Waals surface area contributed by atoms with Crippen molar-refractivity contribution in [2.24, 2.45) is 0 Å². The van der Waals surface area contributed by atoms with Gasteiger partial charge < -0.3 is 19.9 Å². The minimum absolute atomic E-state index is 0.255. The summed E-state index contributed by atoms with van der Waals surface area (Å²) in [5.41, 5.74) is 1.08. The van der Waals surface area contributed by atoms with Gasteiger partial charge in [0.25, 0.3) is 0 Å². The number of phenolic OH excluding ortho intramolecular Hbond substituents is 1. The van der Waals surface area contributed by atoms with Crippen molar-refractivity contribution in [2.75, 3.05) is 26.2 Å². The fraction of sp³-hybridized carbons (Fsp3) is 0.286. The molecule has 1 saturated heterocycles. The number of hydrogen-bond acceptors (Lipinski definition) is 6. The predicted molar refractivity (Wildman–Crippen MR) is 147 cm³/mol. The summed E-state index contributed by atoms with van der Waals surface area (Å²) in [6.45, 7) is 2.66. The maximum absolute atomic E-state index is 12.0. The van der Waals surface area contributed by atoms with Crippen molar-refractivity contribution in [3.05, 3.63) is 71.2 Å². The van der Waals surface area contributed by atoms with Gasteiger partial charge in [0.15, 0.2) is 5.75 Å². The Hall–Kier alpha value is -2.65. The molecule has 8 heteroatoms. The Bertz CT molecular complexity index is 1290. The van der Waals surface area contributed by atoms with E-state index in [-0.39, 0.29) is 5.75 Å². The molecular formula is C28H28BrFN2O3S. The normalized spacial score (nSPS) is 16.2. The number of hydrogen-bond donors (Lipinski definition) is 2. The number of ether oxygens (including phenoxy) is 2. The Morgan fingerprint density at radius 3 is 2.25 bits per heavy atom. The van der Waals surface area contributed by atoms with Gasteiger partial charge in [-0.3, -0.25) is 0 Å². The SMILES string of the molecule is FN1CCNCC1.Oc1ccc2c(Oc3ccc(OC4CCC4)cc3)c(-c3ccc(Br)cc3)sc2c1. The average Bonchev–Trinajstić information content (AvgIpc) is 3.21. The average molecular weight is 572 g/mol. The molecule has 0 bridgehead atoms. The standard InChI is InChI=1S/C24H19BrO3S.C4H9FN2/c25-16-6-4-15(5-7-16)24-23(21-13-8-17(26)14-22(21)29-24)28-20-11-9-19(10-12-20)27-18-2-1-3-18;5-7-3-1-6-2-4-7/h4-14,18,26H,1-3H2;6H,1-4H2. The minimum Gasteiger partial charge on any atom is -0.508 e. The van der Waals surface area contributed by atoms with Crippen LogP contribution in [0.15, 0.2) is 71.2 Å². The van der Waals surface area contributed by atoms with E-state index < -0.39 is 0 Å². The van der Waals surface area contributed by atoms with E-state index in [1.54, 1.807) is 23.5 Å². The second-order valence-electron chi connectivity index (χ2n) is 8.85. The summed E-state index contributed by atoms with van der Waals surface area (Å²) >= 11 is 5.11. The summed E-state index contributed by atoms with van der Waals surface area (Å²) in [5.74, 6) is 2.71. The van der Waals surface area contributed by atoms with Crippen LogP contribution in [0.5, 0.6) is 23.0 Å². The maximum atomic E-state index is 12.0. The molecule has 0 radical (unpaired) electrons. The Kier molecular flexibility index (Phi) is 8.06. The number of piperazine rings is 1. The fourth-order valence-corrected chi connectivity index (χ4v) is 5.41. The second kappa shape index (κ2) is 11.6. The van der Waals surface area contributed by atoms with Crippen molar-refractivity contribution in [1.82, 2.24) is 10.4 Å². The Labute approximate surface area is 222 Å². The Morgan fingerprint density at radius 2 is 1.64 bits per heavy atom. The van der Waals surface area contributed by atoms with Crippen LogP contribution in [0.3, 0.4) is 0 Å². The van der Waals surface area contributed by atoms with Crippen molar-refractivity contribution >= 4 is 37.4 Å². The first-order chi connectivity index (χ1) is 17.5. The zero-order valence-corrected chi connectivity index (χ0v) is 22.2. The molecule has 0 spiro atoms. The van der Waals surface area contributed by atoms with Gasteiger partial charge in [0.05, 0.1) is 11.0 Å². The molecule has 2 aliphatic rings. The van der Waals surface area contributed by atoms with Crippen LogP contribution < -0.4 is 14.8 Å². The highest BCUT2D eigenvalue weighted by atomic mass is 79.9. The van der Waals surface area contributed by atoms with E-state index in [1.165, 1.54) is 6.42 Å². The molecule has 2 heterocycles. The lowest BCUT2D eigenvalue weighted by molar-refractivity contribution is 0.0135. The van der Waals surface area contributed by atoms with Gasteiger partial charge in [-0.25, -0.2) is 0 Å². The Morgan fingerprint density at radius 1 is 0.944 bits per heavy atom. The molecule has 36 heavy (non-hydrogen) atoms. The van der Waals surface area contributed by atoms with Gasteiger partial charge >= 0.3 is 0 Å². The lowest BCUT2D eigenvalue weighted by Gasteiger charge is -2.26. The van der Waals surface area contributed by atoms with Gasteiger partial charge in [0, 0.05) is 40.7 Å². The molecule has 1 aliphatic carbocycles. The number of nitrogens with one attached hydrogen (secondary N) is 1. The summed E-state index contributed by atoms with van der Waals surface area (Å²) in [7, 11) is 0. The molecular weight excluding hydrogens is 543 g/mol. The third-order valence-electron chi connectivity index (χ3n) is 6.20. The van der Waals surface area contributed by atoms with Crippen molar-refractivity contribution in [3.63, 3.8) is 0 Å². The van der Waals surface area contributed by atoms with Crippen LogP contribution in [0.2, 0.25) is 0 Å². The highest BCUT2D eigenvalue weighted by Gasteiger charge is 2.20. The summed E-state index contributed by atoms with van der Waals surface area (Å²) < 4.78 is 26.3. The van der Waals surface area contributed by atoms with Gasteiger partial charge in [0.2, 0.25) is 0 Å². The molecule has 2 N–H and O–H groups in total. The number of rotatable bonds is 5. The van der Waals surface area contributed by atoms with Crippen molar-refractivity contribution < 1.29 is 19.1 Å². The first-order valence-electron chi connectivity index (χ1n) is 12.1. The van der Waals surface area contributed by atoms with Gasteiger partial charge in [-0.05, 0) is 79.4 Å². The summed E-state index contributed by atoms with van der Waals surface area (Å²) in [6, 6.07) is 21.4. The number of benzene rings is 3. The lowest BCUT2D eigenvalue weighted by Crippen LogP contribution is -2.38. The first kappa shape index (κ1) is 25.0. The fourth-order valence-electron chi connectivity index (χ4n) is 3.98. The minimum atomic E-state index is 0.255. The number of nitrogens with zero attached hydrogens (tertiary/aromatic N) is 1. The van der Waals surface area contributed by atoms with E-state index >= 15 is 0 Å². The highest BCUT2D eigenvalue weighted by Crippen LogP contribution is 2.47. The van der Waals surface area contributed by atoms with Crippen molar-refractivity contribution in [2.45, 2.75) is 25.4 Å². The largest absolute Gasteiger partial charge is 0.508 e. The molecule has 2 fully saturated rings. The quantitative estimate of drug-likeness (QED) is 0.243. The van der Waals surface area contributed by atoms with Crippen LogP contribution in [0.25, 0.3) is 20.5 Å². The van der Waals surface area contributed by atoms with Crippen LogP contribution in [-0.4, -0.2) is 42.5 Å². The van der Waals surface area contributed by atoms with Crippen LogP contribution in [0.4, 0.5) is 4.48 Å². The third kappa shape index (κ3) is 6.18. The van der Waals surface area contributed by atoms with Crippen LogP contribution in [0.1, 0.15) is 19.3 Å². The lowest BCUT2D eigenvalue weighted by atomic mass is 9.96. The zero-order chi connectivity index (χ0) is 24.9. The predicted octanol–water partition coefficient (Wildman–Crippen LogP) is 7.54. The van der Waals surface area contributed by atoms with Crippen molar-refractivity contribution in [3.8, 4) is 33.4 Å². The van der Waals surface area contributed by atoms with E-state index in [2.05, 4.69) is 33.4 Å². The van der Waals surface area contributed by atoms with Gasteiger partial charge in [-0.2, -0.15) is 0 Å². The zero-order valence-electron chi connectivity index (χ0n) is 19.8. The van der Waals surface area contributed by atoms with Crippen LogP contribution >= 0.6 is 27.3 Å². The van der Waals surface area contributed by atoms with E-state index in [1.807, 2.05) is 42.5 Å². The molecule has 0 unspecified atom stereocenters. The molecule has 4 aromatic rings. The molecule has 0 amide bonds. The molecule has 6 rings (SSSR count). The summed E-state index contributed by atoms with van der Waals surface area (Å²) in [6.07, 6.45) is 3.90. The molecule has 1 saturated carbocycles. The molecule has 3 aromatic carbocycles. The van der Waals surface area contributed by atoms with Gasteiger partial charge in [-0.1, -0.05) is 28.1 Å². The summed E-state index contributed by atoms with van der Waals surface area (Å²) in [5, 5.41) is 14.8. The van der Waals surface area contributed by atoms with E-state index in [0.29, 0.717) is 19.2 Å². The smallest absolute Gasteiger partial charge is 0.153 e. The number of aromatic hydroxyl groups is 1. The number of halogens is 2. The van der Waals surface area contributed by atoms with Crippen LogP contribution in [-0.2, 0) is 0 Å². The van der Waals surface area contributed by atoms with Crippen LogP contribution in [0, 0.1) is 0 Å². The second-order valence-corrected chi connectivity index (χ2v) is 10.8. The van der Waals surface area contributed by atoms with Crippen molar-refractivity contribution in [1.29, 1.82) is 0 Å². The molecule has 0 atom stereocenters. The number of phenols is 1. The first-order valence-corrected chi connectivity index (χ1v) is 13.7. The molecule has 5 nitrogen and oxygen atoms in total. The van der Waals surface area contributed by atoms with E-state index in [9.17, 15) is 9.59 Å². The third-order valence-corrected chi connectivity index (χ3v) is 7.91. The molecule has 1 aromatic heterocycles. The number of thiophene rings is 1. The maximum Gasteiger partial charge on any atom is 0.153 e. The molecule has 188 valence electrons. The van der Waals surface area contributed by atoms with E-state index in [4.69, 9.17) is 9.47 Å². The monoisotopic (exact) mass is 570 g/mol.